The third kappa shape index (κ3) is 6.63. The highest BCUT2D eigenvalue weighted by atomic mass is 32.2. The summed E-state index contributed by atoms with van der Waals surface area (Å²) in [5.74, 6) is -1.27. The van der Waals surface area contributed by atoms with E-state index in [4.69, 9.17) is 4.74 Å². The molecule has 0 aliphatic carbocycles. The lowest BCUT2D eigenvalue weighted by Crippen LogP contribution is -2.62. The van der Waals surface area contributed by atoms with Crippen molar-refractivity contribution in [2.45, 2.75) is 88.9 Å². The number of hydrogen-bond donors (Lipinski definition) is 1. The fraction of sp³-hybridized carbons (Fsp3) is 0.537. The molecule has 270 valence electrons. The van der Waals surface area contributed by atoms with Crippen LogP contribution in [0.2, 0.25) is 0 Å². The summed E-state index contributed by atoms with van der Waals surface area (Å²) >= 11 is 1.65. The van der Waals surface area contributed by atoms with E-state index in [1.54, 1.807) is 33.7 Å². The number of ether oxygens (including phenoxy) is 1. The molecule has 8 nitrogen and oxygen atoms in total. The molecule has 2 aromatic rings. The molecule has 1 spiro atoms. The molecule has 9 heteroatoms. The molecule has 1 N–H and O–H groups in total. The van der Waals surface area contributed by atoms with Crippen molar-refractivity contribution in [1.82, 2.24) is 9.80 Å². The lowest BCUT2D eigenvalue weighted by atomic mass is 9.65. The highest BCUT2D eigenvalue weighted by Gasteiger charge is 2.77. The number of carbonyl (C=O) groups excluding carboxylic acids is 3. The van der Waals surface area contributed by atoms with Gasteiger partial charge >= 0.3 is 0 Å². The molecule has 3 heterocycles. The molecule has 7 atom stereocenters. The fourth-order valence-electron chi connectivity index (χ4n) is 9.21. The Morgan fingerprint density at radius 2 is 1.68 bits per heavy atom. The number of nitrogens with zero attached hydrogens (tertiary/aromatic N) is 3. The zero-order valence-electron chi connectivity index (χ0n) is 30.8. The third-order valence-corrected chi connectivity index (χ3v) is 12.8. The fourth-order valence-corrected chi connectivity index (χ4v) is 11.6. The first-order chi connectivity index (χ1) is 23.7. The van der Waals surface area contributed by atoms with Crippen LogP contribution in [-0.2, 0) is 14.4 Å². The van der Waals surface area contributed by atoms with E-state index in [9.17, 15) is 9.90 Å². The normalized spacial score (nSPS) is 26.4. The Labute approximate surface area is 302 Å². The first kappa shape index (κ1) is 37.7. The first-order valence-electron chi connectivity index (χ1n) is 17.9. The number of anilines is 1. The molecule has 50 heavy (non-hydrogen) atoms. The summed E-state index contributed by atoms with van der Waals surface area (Å²) in [6.45, 7) is 23.4. The van der Waals surface area contributed by atoms with Crippen molar-refractivity contribution in [2.24, 2.45) is 23.2 Å². The van der Waals surface area contributed by atoms with Crippen LogP contribution >= 0.6 is 11.8 Å². The number of aliphatic hydroxyl groups is 1. The Bertz CT molecular complexity index is 1570. The lowest BCUT2D eigenvalue weighted by Gasteiger charge is -2.47. The minimum absolute atomic E-state index is 0.0285. The summed E-state index contributed by atoms with van der Waals surface area (Å²) in [5.41, 5.74) is 0.803. The highest BCUT2D eigenvalue weighted by Crippen LogP contribution is 2.69. The number of amides is 3. The van der Waals surface area contributed by atoms with Crippen molar-refractivity contribution in [3.63, 3.8) is 0 Å². The number of fused-ring (bicyclic) bond motifs is 1. The molecule has 3 unspecified atom stereocenters. The zero-order chi connectivity index (χ0) is 36.6. The molecule has 3 fully saturated rings. The van der Waals surface area contributed by atoms with Crippen LogP contribution in [0.5, 0.6) is 5.75 Å². The van der Waals surface area contributed by atoms with Gasteiger partial charge in [0.1, 0.15) is 11.8 Å². The van der Waals surface area contributed by atoms with E-state index in [0.29, 0.717) is 31.0 Å². The largest absolute Gasteiger partial charge is 0.494 e. The third-order valence-electron chi connectivity index (χ3n) is 10.7. The molecule has 3 amide bonds. The monoisotopic (exact) mass is 701 g/mol. The Balaban J connectivity index is 1.65. The molecule has 0 saturated carbocycles. The number of thioether (sulfide) groups is 1. The van der Waals surface area contributed by atoms with E-state index in [0.717, 1.165) is 12.0 Å². The van der Waals surface area contributed by atoms with Crippen LogP contribution in [-0.4, -0.2) is 80.5 Å². The van der Waals surface area contributed by atoms with Gasteiger partial charge in [0.25, 0.3) is 0 Å². The number of carbonyl (C=O) groups is 3. The number of hydrogen-bond acceptors (Lipinski definition) is 6. The van der Waals surface area contributed by atoms with E-state index in [-0.39, 0.29) is 47.5 Å². The Morgan fingerprint density at radius 3 is 2.24 bits per heavy atom. The summed E-state index contributed by atoms with van der Waals surface area (Å²) < 4.78 is 4.78. The predicted molar refractivity (Wildman–Crippen MR) is 202 cm³/mol. The molecule has 0 radical (unpaired) electrons. The summed E-state index contributed by atoms with van der Waals surface area (Å²) in [4.78, 5) is 50.8. The van der Waals surface area contributed by atoms with E-state index in [1.165, 1.54) is 0 Å². The van der Waals surface area contributed by atoms with Gasteiger partial charge in [-0.2, -0.15) is 0 Å². The summed E-state index contributed by atoms with van der Waals surface area (Å²) in [5, 5.41) is 10.9. The molecule has 3 aliphatic rings. The van der Waals surface area contributed by atoms with Gasteiger partial charge in [-0.15, -0.1) is 24.9 Å². The van der Waals surface area contributed by atoms with Gasteiger partial charge in [0, 0.05) is 29.6 Å². The van der Waals surface area contributed by atoms with Crippen molar-refractivity contribution in [2.75, 3.05) is 31.2 Å². The van der Waals surface area contributed by atoms with Gasteiger partial charge in [0.15, 0.2) is 0 Å². The number of aliphatic hydroxyl groups excluding tert-OH is 1. The summed E-state index contributed by atoms with van der Waals surface area (Å²) in [7, 11) is 0. The van der Waals surface area contributed by atoms with Crippen LogP contribution in [0.1, 0.15) is 72.9 Å². The second kappa shape index (κ2) is 14.6. The second-order valence-corrected chi connectivity index (χ2v) is 17.4. The van der Waals surface area contributed by atoms with E-state index in [1.807, 2.05) is 66.4 Å². The SMILES string of the molecule is C=CCN(C(=O)[C@@H]1[C@@H]2CC(C)C3(S2)C(C(=O)N(CC=C)C(C)(C)CC(C)(C)C)N([C@H](CO)c2ccccc2)C(=O)[C@H]13)c1ccc(OCC)cc1. The maximum atomic E-state index is 15.4. The van der Waals surface area contributed by atoms with Crippen molar-refractivity contribution < 1.29 is 24.2 Å². The van der Waals surface area contributed by atoms with Gasteiger partial charge in [0.05, 0.1) is 35.8 Å². The number of benzene rings is 2. The predicted octanol–water partition coefficient (Wildman–Crippen LogP) is 6.90. The Kier molecular flexibility index (Phi) is 11.0. The minimum Gasteiger partial charge on any atom is -0.494 e. The molecular weight excluding hydrogens is 647 g/mol. The van der Waals surface area contributed by atoms with Crippen LogP contribution in [0.3, 0.4) is 0 Å². The van der Waals surface area contributed by atoms with Crippen LogP contribution in [0.4, 0.5) is 5.69 Å². The van der Waals surface area contributed by atoms with Crippen molar-refractivity contribution >= 4 is 35.2 Å². The molecule has 2 aromatic carbocycles. The molecule has 2 bridgehead atoms. The second-order valence-electron chi connectivity index (χ2n) is 15.9. The average Bonchev–Trinajstić information content (AvgIpc) is 3.66. The average molecular weight is 702 g/mol. The van der Waals surface area contributed by atoms with Crippen LogP contribution < -0.4 is 9.64 Å². The standard InChI is InChI=1S/C41H55N3O5S/c1-10-22-42(29-18-20-30(21-19-29)49-12-3)36(46)33-32-24-27(4)41(50-32)34(33)37(47)44(31(25-45)28-16-14-13-15-17-28)35(41)38(48)43(23-11-2)40(8,9)26-39(5,6)7/h10-11,13-21,27,31-35,45H,1-2,12,22-26H2,3-9H3/t27?,31-,32+,33-,34+,35?,41?/m1/s1. The van der Waals surface area contributed by atoms with E-state index >= 15 is 9.59 Å². The van der Waals surface area contributed by atoms with Gasteiger partial charge < -0.3 is 24.5 Å². The molecule has 0 aromatic heterocycles. The quantitative estimate of drug-likeness (QED) is 0.216. The van der Waals surface area contributed by atoms with Crippen LogP contribution in [0, 0.1) is 23.2 Å². The topological polar surface area (TPSA) is 90.4 Å². The zero-order valence-corrected chi connectivity index (χ0v) is 31.6. The maximum absolute atomic E-state index is 15.4. The lowest BCUT2D eigenvalue weighted by molar-refractivity contribution is -0.149. The van der Waals surface area contributed by atoms with Gasteiger partial charge in [-0.05, 0) is 74.8 Å². The maximum Gasteiger partial charge on any atom is 0.247 e. The van der Waals surface area contributed by atoms with Crippen molar-refractivity contribution in [3.05, 3.63) is 85.5 Å². The number of rotatable bonds is 14. The summed E-state index contributed by atoms with van der Waals surface area (Å²) in [6.07, 6.45) is 4.88. The minimum atomic E-state index is -0.891. The van der Waals surface area contributed by atoms with Crippen molar-refractivity contribution in [3.8, 4) is 5.75 Å². The van der Waals surface area contributed by atoms with E-state index in [2.05, 4.69) is 54.7 Å². The van der Waals surface area contributed by atoms with Crippen LogP contribution in [0.15, 0.2) is 79.9 Å². The molecule has 3 aliphatic heterocycles. The van der Waals surface area contributed by atoms with Crippen molar-refractivity contribution in [1.29, 1.82) is 0 Å². The Hall–Kier alpha value is -3.56. The summed E-state index contributed by atoms with van der Waals surface area (Å²) in [6, 6.07) is 15.2. The smallest absolute Gasteiger partial charge is 0.247 e. The Morgan fingerprint density at radius 1 is 1.04 bits per heavy atom. The highest BCUT2D eigenvalue weighted by molar-refractivity contribution is 8.02. The number of likely N-dealkylation sites (tertiary alicyclic amines) is 1. The van der Waals surface area contributed by atoms with Gasteiger partial charge in [-0.3, -0.25) is 14.4 Å². The molecule has 3 saturated heterocycles. The van der Waals surface area contributed by atoms with Gasteiger partial charge in [-0.25, -0.2) is 0 Å². The van der Waals surface area contributed by atoms with Crippen LogP contribution in [0.25, 0.3) is 0 Å². The first-order valence-corrected chi connectivity index (χ1v) is 18.8. The van der Waals surface area contributed by atoms with Gasteiger partial charge in [-0.1, -0.05) is 70.2 Å². The van der Waals surface area contributed by atoms with E-state index < -0.39 is 34.2 Å². The molecular formula is C41H55N3O5S. The van der Waals surface area contributed by atoms with Gasteiger partial charge in [0.2, 0.25) is 17.7 Å². The molecule has 5 rings (SSSR count).